The largest absolute Gasteiger partial charge is 0.416 e. The van der Waals surface area contributed by atoms with E-state index in [0.717, 1.165) is 12.1 Å². The van der Waals surface area contributed by atoms with E-state index in [-0.39, 0.29) is 18.3 Å². The number of alkyl halides is 3. The number of carbonyl (C=O) groups is 1. The highest BCUT2D eigenvalue weighted by atomic mass is 19.4. The molecule has 1 aromatic carbocycles. The summed E-state index contributed by atoms with van der Waals surface area (Å²) in [6.07, 6.45) is -3.79. The second kappa shape index (κ2) is 7.31. The van der Waals surface area contributed by atoms with E-state index in [1.54, 1.807) is 0 Å². The Labute approximate surface area is 121 Å². The Bertz CT molecular complexity index is 458. The van der Waals surface area contributed by atoms with Gasteiger partial charge in [-0.3, -0.25) is 0 Å². The molecule has 2 amide bonds. The van der Waals surface area contributed by atoms with Gasteiger partial charge in [-0.25, -0.2) is 4.79 Å². The van der Waals surface area contributed by atoms with Crippen molar-refractivity contribution >= 4 is 11.7 Å². The minimum atomic E-state index is -4.40. The molecule has 1 unspecified atom stereocenters. The van der Waals surface area contributed by atoms with Crippen LogP contribution in [0.1, 0.15) is 25.8 Å². The summed E-state index contributed by atoms with van der Waals surface area (Å²) in [6.45, 7) is 3.72. The Morgan fingerprint density at radius 3 is 2.24 bits per heavy atom. The van der Waals surface area contributed by atoms with E-state index in [1.807, 2.05) is 13.8 Å². The lowest BCUT2D eigenvalue weighted by Gasteiger charge is -2.18. The number of hydrogen-bond donors (Lipinski definition) is 3. The highest BCUT2D eigenvalue weighted by molar-refractivity contribution is 5.89. The topological polar surface area (TPSA) is 61.4 Å². The minimum absolute atomic E-state index is 0.196. The normalized spacial score (nSPS) is 13.1. The Hall–Kier alpha value is -1.76. The summed E-state index contributed by atoms with van der Waals surface area (Å²) >= 11 is 0. The maximum absolute atomic E-state index is 12.4. The molecule has 0 saturated carbocycles. The van der Waals surface area contributed by atoms with Crippen molar-refractivity contribution in [3.05, 3.63) is 29.8 Å². The molecule has 0 heterocycles. The van der Waals surface area contributed by atoms with Crippen molar-refractivity contribution in [3.63, 3.8) is 0 Å². The van der Waals surface area contributed by atoms with Gasteiger partial charge in [-0.05, 0) is 36.6 Å². The zero-order chi connectivity index (χ0) is 16.0. The minimum Gasteiger partial charge on any atom is -0.394 e. The number of hydrogen-bond acceptors (Lipinski definition) is 2. The molecular formula is C14H19F3N2O2. The molecule has 0 aliphatic heterocycles. The average Bonchev–Trinajstić information content (AvgIpc) is 2.36. The maximum atomic E-state index is 12.4. The Morgan fingerprint density at radius 2 is 1.81 bits per heavy atom. The van der Waals surface area contributed by atoms with E-state index >= 15 is 0 Å². The van der Waals surface area contributed by atoms with E-state index in [4.69, 9.17) is 5.11 Å². The second-order valence-electron chi connectivity index (χ2n) is 5.18. The first-order valence-corrected chi connectivity index (χ1v) is 6.58. The number of halogens is 3. The quantitative estimate of drug-likeness (QED) is 0.782. The summed E-state index contributed by atoms with van der Waals surface area (Å²) in [5.74, 6) is 0.300. The highest BCUT2D eigenvalue weighted by Gasteiger charge is 2.30. The highest BCUT2D eigenvalue weighted by Crippen LogP contribution is 2.29. The van der Waals surface area contributed by atoms with Gasteiger partial charge in [0.25, 0.3) is 0 Å². The number of urea groups is 1. The molecule has 1 rings (SSSR count). The summed E-state index contributed by atoms with van der Waals surface area (Å²) in [4.78, 5) is 11.7. The van der Waals surface area contributed by atoms with Crippen LogP contribution in [0.2, 0.25) is 0 Å². The van der Waals surface area contributed by atoms with Gasteiger partial charge in [0.2, 0.25) is 0 Å². The molecule has 7 heteroatoms. The molecule has 1 atom stereocenters. The number of benzene rings is 1. The standard InChI is InChI=1S/C14H19F3N2O2/c1-9(2)7-12(8-20)19-13(21)18-11-5-3-10(4-6-11)14(15,16)17/h3-6,9,12,20H,7-8H2,1-2H3,(H2,18,19,21). The molecule has 0 spiro atoms. The van der Waals surface area contributed by atoms with Gasteiger partial charge < -0.3 is 15.7 Å². The molecule has 0 saturated heterocycles. The Kier molecular flexibility index (Phi) is 6.02. The molecule has 0 fully saturated rings. The van der Waals surface area contributed by atoms with Crippen LogP contribution < -0.4 is 10.6 Å². The average molecular weight is 304 g/mol. The Morgan fingerprint density at radius 1 is 1.24 bits per heavy atom. The van der Waals surface area contributed by atoms with Gasteiger partial charge >= 0.3 is 12.2 Å². The van der Waals surface area contributed by atoms with Crippen molar-refractivity contribution in [1.29, 1.82) is 0 Å². The first-order valence-electron chi connectivity index (χ1n) is 6.58. The van der Waals surface area contributed by atoms with E-state index in [1.165, 1.54) is 12.1 Å². The molecule has 1 aromatic rings. The van der Waals surface area contributed by atoms with Crippen LogP contribution >= 0.6 is 0 Å². The number of carbonyl (C=O) groups excluding carboxylic acids is 1. The number of nitrogens with one attached hydrogen (secondary N) is 2. The molecule has 118 valence electrons. The fourth-order valence-corrected chi connectivity index (χ4v) is 1.84. The monoisotopic (exact) mass is 304 g/mol. The molecule has 0 radical (unpaired) electrons. The van der Waals surface area contributed by atoms with Gasteiger partial charge in [0, 0.05) is 5.69 Å². The van der Waals surface area contributed by atoms with Crippen LogP contribution in [0.25, 0.3) is 0 Å². The van der Waals surface area contributed by atoms with Crippen molar-refractivity contribution in [2.45, 2.75) is 32.5 Å². The van der Waals surface area contributed by atoms with Crippen LogP contribution in [0, 0.1) is 5.92 Å². The molecular weight excluding hydrogens is 285 g/mol. The smallest absolute Gasteiger partial charge is 0.394 e. The lowest BCUT2D eigenvalue weighted by molar-refractivity contribution is -0.137. The first kappa shape index (κ1) is 17.3. The summed E-state index contributed by atoms with van der Waals surface area (Å²) < 4.78 is 37.2. The van der Waals surface area contributed by atoms with Crippen LogP contribution in [0.5, 0.6) is 0 Å². The second-order valence-corrected chi connectivity index (χ2v) is 5.18. The first-order chi connectivity index (χ1) is 9.72. The summed E-state index contributed by atoms with van der Waals surface area (Å²) in [5.41, 5.74) is -0.525. The van der Waals surface area contributed by atoms with Gasteiger partial charge in [-0.1, -0.05) is 13.8 Å². The van der Waals surface area contributed by atoms with Crippen LogP contribution in [0.15, 0.2) is 24.3 Å². The molecule has 0 aliphatic rings. The van der Waals surface area contributed by atoms with Crippen LogP contribution in [-0.4, -0.2) is 23.8 Å². The number of anilines is 1. The molecule has 0 aliphatic carbocycles. The van der Waals surface area contributed by atoms with Crippen LogP contribution in [0.3, 0.4) is 0 Å². The lowest BCUT2D eigenvalue weighted by Crippen LogP contribution is -2.40. The lowest BCUT2D eigenvalue weighted by atomic mass is 10.0. The van der Waals surface area contributed by atoms with Crippen molar-refractivity contribution in [1.82, 2.24) is 5.32 Å². The van der Waals surface area contributed by atoms with Crippen molar-refractivity contribution in [2.24, 2.45) is 5.92 Å². The van der Waals surface area contributed by atoms with E-state index in [9.17, 15) is 18.0 Å². The fraction of sp³-hybridized carbons (Fsp3) is 0.500. The zero-order valence-corrected chi connectivity index (χ0v) is 11.9. The number of aliphatic hydroxyl groups excluding tert-OH is 1. The summed E-state index contributed by atoms with van der Waals surface area (Å²) in [5, 5.41) is 14.1. The summed E-state index contributed by atoms with van der Waals surface area (Å²) in [6, 6.07) is 3.20. The zero-order valence-electron chi connectivity index (χ0n) is 11.9. The van der Waals surface area contributed by atoms with Gasteiger partial charge in [-0.15, -0.1) is 0 Å². The van der Waals surface area contributed by atoms with E-state index in [2.05, 4.69) is 10.6 Å². The molecule has 0 bridgehead atoms. The van der Waals surface area contributed by atoms with E-state index in [0.29, 0.717) is 12.3 Å². The van der Waals surface area contributed by atoms with Crippen LogP contribution in [0.4, 0.5) is 23.7 Å². The number of amides is 2. The van der Waals surface area contributed by atoms with Crippen LogP contribution in [-0.2, 0) is 6.18 Å². The molecule has 3 N–H and O–H groups in total. The predicted molar refractivity (Wildman–Crippen MR) is 73.9 cm³/mol. The van der Waals surface area contributed by atoms with Gasteiger partial charge in [0.15, 0.2) is 0 Å². The van der Waals surface area contributed by atoms with Crippen molar-refractivity contribution < 1.29 is 23.1 Å². The number of rotatable bonds is 5. The molecule has 0 aromatic heterocycles. The maximum Gasteiger partial charge on any atom is 0.416 e. The molecule has 4 nitrogen and oxygen atoms in total. The SMILES string of the molecule is CC(C)CC(CO)NC(=O)Nc1ccc(C(F)(F)F)cc1. The third-order valence-corrected chi connectivity index (χ3v) is 2.78. The van der Waals surface area contributed by atoms with Crippen molar-refractivity contribution in [2.75, 3.05) is 11.9 Å². The molecule has 21 heavy (non-hydrogen) atoms. The van der Waals surface area contributed by atoms with Gasteiger partial charge in [0.1, 0.15) is 0 Å². The Balaban J connectivity index is 2.58. The predicted octanol–water partition coefficient (Wildman–Crippen LogP) is 3.23. The van der Waals surface area contributed by atoms with Crippen molar-refractivity contribution in [3.8, 4) is 0 Å². The summed E-state index contributed by atoms with van der Waals surface area (Å²) in [7, 11) is 0. The number of aliphatic hydroxyl groups is 1. The van der Waals surface area contributed by atoms with Gasteiger partial charge in [0.05, 0.1) is 18.2 Å². The third-order valence-electron chi connectivity index (χ3n) is 2.78. The fourth-order valence-electron chi connectivity index (χ4n) is 1.84. The third kappa shape index (κ3) is 6.03. The van der Waals surface area contributed by atoms with Gasteiger partial charge in [-0.2, -0.15) is 13.2 Å². The van der Waals surface area contributed by atoms with E-state index < -0.39 is 17.8 Å².